The smallest absolute Gasteiger partial charge is 0.270 e. The zero-order valence-electron chi connectivity index (χ0n) is 23.2. The van der Waals surface area contributed by atoms with E-state index in [4.69, 9.17) is 4.74 Å². The number of nitrogens with one attached hydrogen (secondary N) is 2. The Labute approximate surface area is 231 Å². The topological polar surface area (TPSA) is 95.9 Å². The highest BCUT2D eigenvalue weighted by Crippen LogP contribution is 2.29. The van der Waals surface area contributed by atoms with Crippen LogP contribution < -0.4 is 15.4 Å². The molecule has 2 aliphatic rings. The second kappa shape index (κ2) is 12.8. The standard InChI is InChI=1S/C28H41N5O4.ClH/c1-18-17-32(28(36)25(20-9-7-6-8-10-20)30-26(34)19(2)29-3)13-14-33(18)27(35)24-15-21-11-12-22(37-5)16-23(21)31(24)4;/h11-12,15-16,18-20,25,29H,6-10,13-14,17H2,1-5H3,(H,30,34);1H/t18-,19?,25?;/m1./s1. The number of carbonyl (C=O) groups excluding carboxylic acids is 3. The van der Waals surface area contributed by atoms with Crippen LogP contribution in [0.25, 0.3) is 10.9 Å². The zero-order chi connectivity index (χ0) is 26.7. The summed E-state index contributed by atoms with van der Waals surface area (Å²) in [6.45, 7) is 5.14. The Hall–Kier alpha value is -2.78. The van der Waals surface area contributed by atoms with Crippen molar-refractivity contribution in [2.75, 3.05) is 33.8 Å². The number of ether oxygens (including phenoxy) is 1. The minimum Gasteiger partial charge on any atom is -0.497 e. The quantitative estimate of drug-likeness (QED) is 0.555. The first-order valence-electron chi connectivity index (χ1n) is 13.5. The van der Waals surface area contributed by atoms with Crippen molar-refractivity contribution in [2.24, 2.45) is 13.0 Å². The van der Waals surface area contributed by atoms with Crippen molar-refractivity contribution in [3.8, 4) is 5.75 Å². The van der Waals surface area contributed by atoms with Crippen LogP contribution in [0.15, 0.2) is 24.3 Å². The average Bonchev–Trinajstić information content (AvgIpc) is 3.26. The van der Waals surface area contributed by atoms with E-state index in [1.165, 1.54) is 6.42 Å². The third-order valence-electron chi connectivity index (χ3n) is 8.18. The maximum absolute atomic E-state index is 13.7. The molecule has 10 heteroatoms. The first kappa shape index (κ1) is 29.8. The number of aryl methyl sites for hydroxylation is 1. The summed E-state index contributed by atoms with van der Waals surface area (Å²) in [4.78, 5) is 43.7. The number of piperazine rings is 1. The van der Waals surface area contributed by atoms with Crippen molar-refractivity contribution in [1.29, 1.82) is 0 Å². The molecule has 2 heterocycles. The first-order valence-corrected chi connectivity index (χ1v) is 13.5. The average molecular weight is 548 g/mol. The third kappa shape index (κ3) is 6.10. The van der Waals surface area contributed by atoms with Gasteiger partial charge >= 0.3 is 0 Å². The Morgan fingerprint density at radius 1 is 1.08 bits per heavy atom. The van der Waals surface area contributed by atoms with Gasteiger partial charge in [-0.05, 0) is 57.9 Å². The van der Waals surface area contributed by atoms with Crippen LogP contribution >= 0.6 is 12.4 Å². The molecule has 3 amide bonds. The van der Waals surface area contributed by atoms with Gasteiger partial charge in [0.05, 0.1) is 18.7 Å². The minimum atomic E-state index is -0.522. The fourth-order valence-corrected chi connectivity index (χ4v) is 5.70. The lowest BCUT2D eigenvalue weighted by Gasteiger charge is -2.42. The van der Waals surface area contributed by atoms with Crippen molar-refractivity contribution in [3.05, 3.63) is 30.0 Å². The summed E-state index contributed by atoms with van der Waals surface area (Å²) in [5.41, 5.74) is 1.55. The summed E-state index contributed by atoms with van der Waals surface area (Å²) < 4.78 is 7.25. The molecule has 1 aliphatic carbocycles. The number of benzene rings is 1. The van der Waals surface area contributed by atoms with Crippen molar-refractivity contribution in [3.63, 3.8) is 0 Å². The fraction of sp³-hybridized carbons (Fsp3) is 0.607. The molecule has 2 aromatic rings. The van der Waals surface area contributed by atoms with Crippen molar-refractivity contribution < 1.29 is 19.1 Å². The van der Waals surface area contributed by atoms with Crippen LogP contribution in [0.5, 0.6) is 5.75 Å². The number of amides is 3. The highest BCUT2D eigenvalue weighted by Gasteiger charge is 2.38. The number of hydrogen-bond donors (Lipinski definition) is 2. The van der Waals surface area contributed by atoms with E-state index in [9.17, 15) is 14.4 Å². The lowest BCUT2D eigenvalue weighted by Crippen LogP contribution is -2.61. The number of hydrogen-bond acceptors (Lipinski definition) is 5. The summed E-state index contributed by atoms with van der Waals surface area (Å²) in [5.74, 6) is 0.672. The van der Waals surface area contributed by atoms with Crippen LogP contribution in [-0.2, 0) is 16.6 Å². The number of rotatable bonds is 7. The van der Waals surface area contributed by atoms with Crippen LogP contribution in [0.2, 0.25) is 0 Å². The van der Waals surface area contributed by atoms with E-state index < -0.39 is 6.04 Å². The molecule has 210 valence electrons. The van der Waals surface area contributed by atoms with Gasteiger partial charge in [0.1, 0.15) is 17.5 Å². The Bertz CT molecular complexity index is 1150. The highest BCUT2D eigenvalue weighted by atomic mass is 35.5. The van der Waals surface area contributed by atoms with Gasteiger partial charge in [0, 0.05) is 44.2 Å². The van der Waals surface area contributed by atoms with Crippen molar-refractivity contribution >= 4 is 41.0 Å². The van der Waals surface area contributed by atoms with Gasteiger partial charge in [0.15, 0.2) is 0 Å². The molecule has 4 rings (SSSR count). The largest absolute Gasteiger partial charge is 0.497 e. The summed E-state index contributed by atoms with van der Waals surface area (Å²) >= 11 is 0. The number of likely N-dealkylation sites (N-methyl/N-ethyl adjacent to an activating group) is 1. The summed E-state index contributed by atoms with van der Waals surface area (Å²) in [7, 11) is 5.26. The maximum Gasteiger partial charge on any atom is 0.270 e. The lowest BCUT2D eigenvalue weighted by molar-refractivity contribution is -0.140. The highest BCUT2D eigenvalue weighted by molar-refractivity contribution is 5.99. The Balaban J connectivity index is 0.00000400. The molecule has 3 atom stereocenters. The minimum absolute atomic E-state index is 0. The molecular weight excluding hydrogens is 506 g/mol. The predicted molar refractivity (Wildman–Crippen MR) is 151 cm³/mol. The van der Waals surface area contributed by atoms with E-state index in [0.717, 1.165) is 42.3 Å². The number of nitrogens with zero attached hydrogens (tertiary/aromatic N) is 3. The molecule has 1 aromatic carbocycles. The van der Waals surface area contributed by atoms with Crippen LogP contribution in [-0.4, -0.2) is 84.0 Å². The van der Waals surface area contributed by atoms with Crippen molar-refractivity contribution in [2.45, 2.75) is 64.1 Å². The number of aromatic nitrogens is 1. The van der Waals surface area contributed by atoms with Gasteiger partial charge in [0.2, 0.25) is 11.8 Å². The van der Waals surface area contributed by atoms with E-state index in [-0.39, 0.29) is 48.1 Å². The molecule has 1 aliphatic heterocycles. The SMILES string of the molecule is CNC(C)C(=O)NC(C(=O)N1CCN(C(=O)c2cc3ccc(OC)cc3n2C)[C@H](C)C1)C1CCCCC1.Cl. The van der Waals surface area contributed by atoms with Crippen LogP contribution in [0, 0.1) is 5.92 Å². The van der Waals surface area contributed by atoms with Gasteiger partial charge in [0.25, 0.3) is 5.91 Å². The monoisotopic (exact) mass is 547 g/mol. The molecule has 0 radical (unpaired) electrons. The maximum atomic E-state index is 13.7. The van der Waals surface area contributed by atoms with Crippen LogP contribution in [0.1, 0.15) is 56.4 Å². The Kier molecular flexibility index (Phi) is 10.1. The fourth-order valence-electron chi connectivity index (χ4n) is 5.70. The molecule has 0 spiro atoms. The van der Waals surface area contributed by atoms with Gasteiger partial charge in [-0.1, -0.05) is 19.3 Å². The second-order valence-corrected chi connectivity index (χ2v) is 10.5. The lowest BCUT2D eigenvalue weighted by atomic mass is 9.83. The predicted octanol–water partition coefficient (Wildman–Crippen LogP) is 2.95. The molecular formula is C28H42ClN5O4. The van der Waals surface area contributed by atoms with E-state index in [1.54, 1.807) is 21.1 Å². The van der Waals surface area contributed by atoms with E-state index >= 15 is 0 Å². The van der Waals surface area contributed by atoms with Gasteiger partial charge in [-0.2, -0.15) is 0 Å². The van der Waals surface area contributed by atoms with E-state index in [2.05, 4.69) is 10.6 Å². The van der Waals surface area contributed by atoms with Gasteiger partial charge < -0.3 is 29.7 Å². The third-order valence-corrected chi connectivity index (χ3v) is 8.18. The number of halogens is 1. The van der Waals surface area contributed by atoms with Crippen LogP contribution in [0.4, 0.5) is 0 Å². The normalized spacial score (nSPS) is 20.0. The summed E-state index contributed by atoms with van der Waals surface area (Å²) in [6.07, 6.45) is 5.24. The molecule has 2 fully saturated rings. The number of carbonyl (C=O) groups is 3. The number of fused-ring (bicyclic) bond motifs is 1. The Morgan fingerprint density at radius 2 is 1.79 bits per heavy atom. The summed E-state index contributed by atoms with van der Waals surface area (Å²) in [6, 6.07) is 6.66. The van der Waals surface area contributed by atoms with Gasteiger partial charge in [-0.25, -0.2) is 0 Å². The second-order valence-electron chi connectivity index (χ2n) is 10.5. The van der Waals surface area contributed by atoms with Gasteiger partial charge in [-0.15, -0.1) is 12.4 Å². The molecule has 1 saturated carbocycles. The molecule has 1 saturated heterocycles. The van der Waals surface area contributed by atoms with Crippen LogP contribution in [0.3, 0.4) is 0 Å². The zero-order valence-corrected chi connectivity index (χ0v) is 24.0. The molecule has 9 nitrogen and oxygen atoms in total. The number of methoxy groups -OCH3 is 1. The van der Waals surface area contributed by atoms with Crippen molar-refractivity contribution in [1.82, 2.24) is 25.0 Å². The molecule has 2 N–H and O–H groups in total. The summed E-state index contributed by atoms with van der Waals surface area (Å²) in [5, 5.41) is 7.00. The molecule has 2 unspecified atom stereocenters. The van der Waals surface area contributed by atoms with Gasteiger partial charge in [-0.3, -0.25) is 14.4 Å². The first-order chi connectivity index (χ1) is 17.7. The molecule has 38 heavy (non-hydrogen) atoms. The molecule has 0 bridgehead atoms. The van der Waals surface area contributed by atoms with E-state index in [1.807, 2.05) is 52.6 Å². The van der Waals surface area contributed by atoms with E-state index in [0.29, 0.717) is 25.3 Å². The Morgan fingerprint density at radius 3 is 2.42 bits per heavy atom. The molecule has 1 aromatic heterocycles.